The van der Waals surface area contributed by atoms with Crippen LogP contribution in [0.4, 0.5) is 0 Å². The van der Waals surface area contributed by atoms with Crippen molar-refractivity contribution in [3.63, 3.8) is 0 Å². The van der Waals surface area contributed by atoms with Gasteiger partial charge in [-0.05, 0) is 18.6 Å². The van der Waals surface area contributed by atoms with Crippen LogP contribution in [0.25, 0.3) is 11.0 Å². The number of benzene rings is 1. The van der Waals surface area contributed by atoms with Gasteiger partial charge in [-0.15, -0.1) is 5.10 Å². The van der Waals surface area contributed by atoms with E-state index < -0.39 is 6.23 Å². The van der Waals surface area contributed by atoms with Crippen LogP contribution >= 0.6 is 0 Å². The van der Waals surface area contributed by atoms with Gasteiger partial charge in [0.2, 0.25) is 0 Å². The molecular weight excluding hydrogens is 202 g/mol. The maximum atomic E-state index is 10.2. The number of nitrogens with zero attached hydrogens (tertiary/aromatic N) is 3. The number of fused-ring (bicyclic) bond motifs is 1. The lowest BCUT2D eigenvalue weighted by molar-refractivity contribution is 0.0358. The van der Waals surface area contributed by atoms with E-state index in [-0.39, 0.29) is 5.92 Å². The zero-order valence-electron chi connectivity index (χ0n) is 9.67. The highest BCUT2D eigenvalue weighted by Gasteiger charge is 2.18. The van der Waals surface area contributed by atoms with Gasteiger partial charge in [-0.3, -0.25) is 0 Å². The van der Waals surface area contributed by atoms with Crippen molar-refractivity contribution >= 4 is 11.0 Å². The standard InChI is InChI=1S/C12H17N3O/c1-3-6-9(2)12(16)15-11-8-5-4-7-10(11)13-14-15/h4-5,7-9,12,16H,3,6H2,1-2H3. The lowest BCUT2D eigenvalue weighted by atomic mass is 10.0. The Balaban J connectivity index is 2.32. The van der Waals surface area contributed by atoms with Crippen molar-refractivity contribution in [3.05, 3.63) is 24.3 Å². The predicted molar refractivity (Wildman–Crippen MR) is 62.9 cm³/mol. The van der Waals surface area contributed by atoms with E-state index in [9.17, 15) is 5.11 Å². The first kappa shape index (κ1) is 11.1. The van der Waals surface area contributed by atoms with Crippen LogP contribution in [0.3, 0.4) is 0 Å². The zero-order valence-corrected chi connectivity index (χ0v) is 9.67. The molecule has 2 atom stereocenters. The van der Waals surface area contributed by atoms with Crippen LogP contribution in [0, 0.1) is 5.92 Å². The molecule has 0 radical (unpaired) electrons. The van der Waals surface area contributed by atoms with E-state index in [1.807, 2.05) is 31.2 Å². The van der Waals surface area contributed by atoms with Crippen LogP contribution < -0.4 is 0 Å². The smallest absolute Gasteiger partial charge is 0.151 e. The van der Waals surface area contributed by atoms with Crippen molar-refractivity contribution in [2.75, 3.05) is 0 Å². The lowest BCUT2D eigenvalue weighted by Gasteiger charge is -2.18. The SMILES string of the molecule is CCCC(C)C(O)n1nnc2ccccc21. The topological polar surface area (TPSA) is 50.9 Å². The third-order valence-corrected chi connectivity index (χ3v) is 2.88. The number of aliphatic hydroxyl groups is 1. The van der Waals surface area contributed by atoms with E-state index in [0.29, 0.717) is 0 Å². The average molecular weight is 219 g/mol. The summed E-state index contributed by atoms with van der Waals surface area (Å²) in [6.07, 6.45) is 1.45. The van der Waals surface area contributed by atoms with Crippen molar-refractivity contribution in [2.45, 2.75) is 32.9 Å². The van der Waals surface area contributed by atoms with Crippen molar-refractivity contribution < 1.29 is 5.11 Å². The van der Waals surface area contributed by atoms with Crippen LogP contribution in [0.1, 0.15) is 32.9 Å². The minimum Gasteiger partial charge on any atom is -0.371 e. The Morgan fingerprint density at radius 2 is 2.12 bits per heavy atom. The Bertz CT molecular complexity index is 466. The Morgan fingerprint density at radius 1 is 1.38 bits per heavy atom. The van der Waals surface area contributed by atoms with Gasteiger partial charge in [-0.25, -0.2) is 4.68 Å². The molecule has 0 saturated heterocycles. The van der Waals surface area contributed by atoms with Crippen LogP contribution in [-0.4, -0.2) is 20.1 Å². The normalized spacial score (nSPS) is 15.2. The van der Waals surface area contributed by atoms with E-state index >= 15 is 0 Å². The summed E-state index contributed by atoms with van der Waals surface area (Å²) in [6, 6.07) is 7.68. The summed E-state index contributed by atoms with van der Waals surface area (Å²) in [5.74, 6) is 0.190. The monoisotopic (exact) mass is 219 g/mol. The molecule has 1 aromatic carbocycles. The molecule has 86 valence electrons. The molecule has 4 nitrogen and oxygen atoms in total. The van der Waals surface area contributed by atoms with Gasteiger partial charge in [-0.2, -0.15) is 0 Å². The first-order valence-electron chi connectivity index (χ1n) is 5.72. The van der Waals surface area contributed by atoms with Crippen LogP contribution in [0.5, 0.6) is 0 Å². The molecule has 0 aliphatic rings. The van der Waals surface area contributed by atoms with Gasteiger partial charge in [0, 0.05) is 5.92 Å². The number of aliphatic hydroxyl groups excluding tert-OH is 1. The highest BCUT2D eigenvalue weighted by atomic mass is 16.3. The second-order valence-corrected chi connectivity index (χ2v) is 4.20. The summed E-state index contributed by atoms with van der Waals surface area (Å²) in [7, 11) is 0. The molecule has 0 bridgehead atoms. The molecule has 2 aromatic rings. The summed E-state index contributed by atoms with van der Waals surface area (Å²) >= 11 is 0. The second-order valence-electron chi connectivity index (χ2n) is 4.20. The predicted octanol–water partition coefficient (Wildman–Crippen LogP) is 2.36. The average Bonchev–Trinajstić information content (AvgIpc) is 2.72. The van der Waals surface area contributed by atoms with Crippen molar-refractivity contribution in [1.82, 2.24) is 15.0 Å². The number of aromatic nitrogens is 3. The van der Waals surface area contributed by atoms with Gasteiger partial charge < -0.3 is 5.11 Å². The maximum Gasteiger partial charge on any atom is 0.151 e. The van der Waals surface area contributed by atoms with E-state index in [0.717, 1.165) is 23.9 Å². The van der Waals surface area contributed by atoms with Crippen molar-refractivity contribution in [1.29, 1.82) is 0 Å². The largest absolute Gasteiger partial charge is 0.371 e. The number of hydrogen-bond acceptors (Lipinski definition) is 3. The minimum absolute atomic E-state index is 0.190. The Labute approximate surface area is 94.9 Å². The molecule has 16 heavy (non-hydrogen) atoms. The van der Waals surface area contributed by atoms with Crippen molar-refractivity contribution in [2.24, 2.45) is 5.92 Å². The fourth-order valence-corrected chi connectivity index (χ4v) is 1.93. The molecule has 2 rings (SSSR count). The summed E-state index contributed by atoms with van der Waals surface area (Å²) in [5.41, 5.74) is 1.71. The molecule has 4 heteroatoms. The summed E-state index contributed by atoms with van der Waals surface area (Å²) < 4.78 is 1.61. The Hall–Kier alpha value is -1.42. The number of hydrogen-bond donors (Lipinski definition) is 1. The highest BCUT2D eigenvalue weighted by Crippen LogP contribution is 2.22. The van der Waals surface area contributed by atoms with Gasteiger partial charge in [-0.1, -0.05) is 37.6 Å². The second kappa shape index (κ2) is 4.61. The molecule has 0 saturated carbocycles. The third-order valence-electron chi connectivity index (χ3n) is 2.88. The van der Waals surface area contributed by atoms with E-state index in [2.05, 4.69) is 17.2 Å². The number of rotatable bonds is 4. The molecular formula is C12H17N3O. The molecule has 0 aliphatic carbocycles. The summed E-state index contributed by atoms with van der Waals surface area (Å²) in [4.78, 5) is 0. The van der Waals surface area contributed by atoms with E-state index in [1.165, 1.54) is 0 Å². The lowest BCUT2D eigenvalue weighted by Crippen LogP contribution is -2.18. The van der Waals surface area contributed by atoms with E-state index in [4.69, 9.17) is 0 Å². The Kier molecular flexibility index (Phi) is 3.19. The first-order valence-corrected chi connectivity index (χ1v) is 5.72. The van der Waals surface area contributed by atoms with Gasteiger partial charge in [0.1, 0.15) is 5.52 Å². The van der Waals surface area contributed by atoms with Gasteiger partial charge in [0.25, 0.3) is 0 Å². The molecule has 0 amide bonds. The molecule has 0 fully saturated rings. The van der Waals surface area contributed by atoms with Crippen LogP contribution in [0.2, 0.25) is 0 Å². The molecule has 0 aliphatic heterocycles. The minimum atomic E-state index is -0.590. The first-order chi connectivity index (χ1) is 7.74. The van der Waals surface area contributed by atoms with Crippen molar-refractivity contribution in [3.8, 4) is 0 Å². The maximum absolute atomic E-state index is 10.2. The molecule has 1 aromatic heterocycles. The summed E-state index contributed by atoms with van der Waals surface area (Å²) in [5, 5.41) is 18.2. The van der Waals surface area contributed by atoms with E-state index in [1.54, 1.807) is 4.68 Å². The molecule has 2 unspecified atom stereocenters. The Morgan fingerprint density at radius 3 is 2.88 bits per heavy atom. The molecule has 0 spiro atoms. The van der Waals surface area contributed by atoms with Crippen LogP contribution in [-0.2, 0) is 0 Å². The van der Waals surface area contributed by atoms with Gasteiger partial charge in [0.05, 0.1) is 5.52 Å². The highest BCUT2D eigenvalue weighted by molar-refractivity contribution is 5.73. The zero-order chi connectivity index (χ0) is 11.5. The third kappa shape index (κ3) is 1.93. The van der Waals surface area contributed by atoms with Gasteiger partial charge >= 0.3 is 0 Å². The quantitative estimate of drug-likeness (QED) is 0.858. The number of para-hydroxylation sites is 1. The van der Waals surface area contributed by atoms with Gasteiger partial charge in [0.15, 0.2) is 6.23 Å². The molecule has 1 N–H and O–H groups in total. The summed E-state index contributed by atoms with van der Waals surface area (Å²) in [6.45, 7) is 4.15. The van der Waals surface area contributed by atoms with Crippen LogP contribution in [0.15, 0.2) is 24.3 Å². The molecule has 1 heterocycles. The fraction of sp³-hybridized carbons (Fsp3) is 0.500. The fourth-order valence-electron chi connectivity index (χ4n) is 1.93.